The maximum atomic E-state index is 8.90. The summed E-state index contributed by atoms with van der Waals surface area (Å²) in [5.74, 6) is 0. The maximum Gasteiger partial charge on any atom is 0.0842 e. The SMILES string of the molecule is CC(C)=C(/C(C)=N\O)c1ccc(N(C)C)cc1. The minimum atomic E-state index is 0.641. The van der Waals surface area contributed by atoms with Gasteiger partial charge in [-0.15, -0.1) is 0 Å². The fraction of sp³-hybridized carbons (Fsp3) is 0.357. The smallest absolute Gasteiger partial charge is 0.0842 e. The van der Waals surface area contributed by atoms with E-state index in [9.17, 15) is 0 Å². The number of rotatable bonds is 3. The van der Waals surface area contributed by atoms with Crippen LogP contribution in [0.1, 0.15) is 26.3 Å². The molecule has 1 aromatic carbocycles. The van der Waals surface area contributed by atoms with Crippen LogP contribution in [-0.2, 0) is 0 Å². The van der Waals surface area contributed by atoms with Gasteiger partial charge < -0.3 is 10.1 Å². The van der Waals surface area contributed by atoms with Gasteiger partial charge in [-0.2, -0.15) is 0 Å². The fourth-order valence-electron chi connectivity index (χ4n) is 1.84. The summed E-state index contributed by atoms with van der Waals surface area (Å²) in [6.45, 7) is 5.84. The first-order valence-electron chi connectivity index (χ1n) is 5.61. The average molecular weight is 232 g/mol. The fourth-order valence-corrected chi connectivity index (χ4v) is 1.84. The van der Waals surface area contributed by atoms with E-state index in [2.05, 4.69) is 22.2 Å². The molecule has 0 amide bonds. The van der Waals surface area contributed by atoms with Crippen LogP contribution >= 0.6 is 0 Å². The molecule has 0 spiro atoms. The van der Waals surface area contributed by atoms with Crippen LogP contribution in [0.2, 0.25) is 0 Å². The number of allylic oxidation sites excluding steroid dienone is 2. The number of oxime groups is 1. The number of nitrogens with zero attached hydrogens (tertiary/aromatic N) is 2. The minimum absolute atomic E-state index is 0.641. The molecule has 1 aromatic rings. The molecule has 0 fully saturated rings. The first-order chi connectivity index (χ1) is 7.97. The molecule has 0 bridgehead atoms. The van der Waals surface area contributed by atoms with E-state index in [0.29, 0.717) is 5.71 Å². The molecular weight excluding hydrogens is 212 g/mol. The Morgan fingerprint density at radius 2 is 1.59 bits per heavy atom. The summed E-state index contributed by atoms with van der Waals surface area (Å²) in [5.41, 5.74) is 5.00. The Hall–Kier alpha value is -1.77. The monoisotopic (exact) mass is 232 g/mol. The molecule has 3 nitrogen and oxygen atoms in total. The second-order valence-electron chi connectivity index (χ2n) is 4.50. The van der Waals surface area contributed by atoms with Crippen molar-refractivity contribution in [3.63, 3.8) is 0 Å². The molecule has 0 aliphatic heterocycles. The largest absolute Gasteiger partial charge is 0.411 e. The van der Waals surface area contributed by atoms with Gasteiger partial charge in [-0.1, -0.05) is 22.9 Å². The number of hydrogen-bond acceptors (Lipinski definition) is 3. The molecule has 0 atom stereocenters. The molecule has 0 aliphatic rings. The lowest BCUT2D eigenvalue weighted by Gasteiger charge is -2.14. The van der Waals surface area contributed by atoms with Crippen LogP contribution in [0.25, 0.3) is 5.57 Å². The van der Waals surface area contributed by atoms with E-state index < -0.39 is 0 Å². The molecule has 0 unspecified atom stereocenters. The Morgan fingerprint density at radius 3 is 1.94 bits per heavy atom. The van der Waals surface area contributed by atoms with Crippen molar-refractivity contribution in [2.45, 2.75) is 20.8 Å². The van der Waals surface area contributed by atoms with Crippen molar-refractivity contribution < 1.29 is 5.21 Å². The predicted molar refractivity (Wildman–Crippen MR) is 73.9 cm³/mol. The Balaban J connectivity index is 3.19. The first kappa shape index (κ1) is 13.3. The molecule has 0 heterocycles. The van der Waals surface area contributed by atoms with Gasteiger partial charge in [0.2, 0.25) is 0 Å². The summed E-state index contributed by atoms with van der Waals surface area (Å²) >= 11 is 0. The molecule has 0 aliphatic carbocycles. The Bertz CT molecular complexity index is 438. The zero-order valence-corrected chi connectivity index (χ0v) is 11.2. The molecule has 1 N–H and O–H groups in total. The van der Waals surface area contributed by atoms with Crippen LogP contribution < -0.4 is 4.90 Å². The summed E-state index contributed by atoms with van der Waals surface area (Å²) in [4.78, 5) is 2.05. The lowest BCUT2D eigenvalue weighted by Crippen LogP contribution is -2.08. The highest BCUT2D eigenvalue weighted by Crippen LogP contribution is 2.23. The van der Waals surface area contributed by atoms with E-state index in [1.807, 2.05) is 47.0 Å². The van der Waals surface area contributed by atoms with Crippen LogP contribution in [0.4, 0.5) is 5.69 Å². The molecule has 0 saturated carbocycles. The number of hydrogen-bond donors (Lipinski definition) is 1. The summed E-state index contributed by atoms with van der Waals surface area (Å²) in [6.07, 6.45) is 0. The Kier molecular flexibility index (Phi) is 4.32. The Labute approximate surface area is 103 Å². The Morgan fingerprint density at radius 1 is 1.06 bits per heavy atom. The second-order valence-corrected chi connectivity index (χ2v) is 4.50. The van der Waals surface area contributed by atoms with Crippen molar-refractivity contribution >= 4 is 17.0 Å². The van der Waals surface area contributed by atoms with Crippen LogP contribution in [0, 0.1) is 0 Å². The third kappa shape index (κ3) is 3.09. The second kappa shape index (κ2) is 5.53. The lowest BCUT2D eigenvalue weighted by atomic mass is 9.97. The van der Waals surface area contributed by atoms with Gasteiger partial charge >= 0.3 is 0 Å². The third-order valence-electron chi connectivity index (χ3n) is 2.68. The third-order valence-corrected chi connectivity index (χ3v) is 2.68. The molecule has 92 valence electrons. The molecule has 0 saturated heterocycles. The summed E-state index contributed by atoms with van der Waals surface area (Å²) in [5, 5.41) is 12.2. The van der Waals surface area contributed by atoms with E-state index in [0.717, 1.165) is 22.4 Å². The highest BCUT2D eigenvalue weighted by molar-refractivity contribution is 6.23. The highest BCUT2D eigenvalue weighted by atomic mass is 16.4. The van der Waals surface area contributed by atoms with Gasteiger partial charge in [0.1, 0.15) is 0 Å². The van der Waals surface area contributed by atoms with Crippen molar-refractivity contribution in [1.29, 1.82) is 0 Å². The van der Waals surface area contributed by atoms with Crippen molar-refractivity contribution in [3.05, 3.63) is 35.4 Å². The van der Waals surface area contributed by atoms with Gasteiger partial charge in [0.25, 0.3) is 0 Å². The van der Waals surface area contributed by atoms with Crippen molar-refractivity contribution in [1.82, 2.24) is 0 Å². The lowest BCUT2D eigenvalue weighted by molar-refractivity contribution is 0.319. The topological polar surface area (TPSA) is 35.8 Å². The van der Waals surface area contributed by atoms with Crippen molar-refractivity contribution in [3.8, 4) is 0 Å². The van der Waals surface area contributed by atoms with E-state index in [-0.39, 0.29) is 0 Å². The maximum absolute atomic E-state index is 8.90. The molecule has 17 heavy (non-hydrogen) atoms. The summed E-state index contributed by atoms with van der Waals surface area (Å²) < 4.78 is 0. The zero-order chi connectivity index (χ0) is 13.0. The number of benzene rings is 1. The molecule has 1 rings (SSSR count). The molecule has 0 aromatic heterocycles. The van der Waals surface area contributed by atoms with E-state index >= 15 is 0 Å². The van der Waals surface area contributed by atoms with Gasteiger partial charge in [-0.25, -0.2) is 0 Å². The van der Waals surface area contributed by atoms with Crippen molar-refractivity contribution in [2.75, 3.05) is 19.0 Å². The van der Waals surface area contributed by atoms with Crippen LogP contribution in [-0.4, -0.2) is 25.0 Å². The minimum Gasteiger partial charge on any atom is -0.411 e. The van der Waals surface area contributed by atoms with Crippen molar-refractivity contribution in [2.24, 2.45) is 5.16 Å². The van der Waals surface area contributed by atoms with Crippen LogP contribution in [0.3, 0.4) is 0 Å². The highest BCUT2D eigenvalue weighted by Gasteiger charge is 2.08. The normalized spacial score (nSPS) is 11.2. The van der Waals surface area contributed by atoms with Gasteiger partial charge in [-0.3, -0.25) is 0 Å². The molecule has 3 heteroatoms. The summed E-state index contributed by atoms with van der Waals surface area (Å²) in [7, 11) is 4.02. The van der Waals surface area contributed by atoms with Gasteiger partial charge in [-0.05, 0) is 38.5 Å². The quantitative estimate of drug-likeness (QED) is 0.492. The average Bonchev–Trinajstić information content (AvgIpc) is 2.29. The van der Waals surface area contributed by atoms with E-state index in [4.69, 9.17) is 5.21 Å². The molecule has 0 radical (unpaired) electrons. The van der Waals surface area contributed by atoms with Gasteiger partial charge in [0.15, 0.2) is 0 Å². The van der Waals surface area contributed by atoms with Gasteiger partial charge in [0.05, 0.1) is 5.71 Å². The van der Waals surface area contributed by atoms with Gasteiger partial charge in [0, 0.05) is 25.4 Å². The van der Waals surface area contributed by atoms with E-state index in [1.165, 1.54) is 0 Å². The predicted octanol–water partition coefficient (Wildman–Crippen LogP) is 3.40. The zero-order valence-electron chi connectivity index (χ0n) is 11.2. The summed E-state index contributed by atoms with van der Waals surface area (Å²) in [6, 6.07) is 8.21. The van der Waals surface area contributed by atoms with Crippen LogP contribution in [0.5, 0.6) is 0 Å². The molecular formula is C14H20N2O. The van der Waals surface area contributed by atoms with Crippen LogP contribution in [0.15, 0.2) is 35.0 Å². The number of anilines is 1. The standard InChI is InChI=1S/C14H20N2O/c1-10(2)14(11(3)15-17)12-6-8-13(9-7-12)16(4)5/h6-9,17H,1-5H3/b15-11-. The first-order valence-corrected chi connectivity index (χ1v) is 5.61. The van der Waals surface area contributed by atoms with E-state index in [1.54, 1.807) is 0 Å².